The molecule has 0 aliphatic carbocycles. The van der Waals surface area contributed by atoms with E-state index in [9.17, 15) is 4.79 Å². The van der Waals surface area contributed by atoms with Crippen LogP contribution in [0.3, 0.4) is 0 Å². The molecule has 0 saturated heterocycles. The van der Waals surface area contributed by atoms with Crippen molar-refractivity contribution in [1.82, 2.24) is 0 Å². The first-order valence-electron chi connectivity index (χ1n) is 5.42. The highest BCUT2D eigenvalue weighted by molar-refractivity contribution is 5.80. The van der Waals surface area contributed by atoms with Crippen LogP contribution in [0.2, 0.25) is 0 Å². The van der Waals surface area contributed by atoms with Gasteiger partial charge in [-0.05, 0) is 30.7 Å². The smallest absolute Gasteiger partial charge is 0.323 e. The molecular weight excluding hydrogens is 216 g/mol. The minimum atomic E-state index is -0.949. The molecule has 4 heteroatoms. The van der Waals surface area contributed by atoms with E-state index in [0.29, 0.717) is 24.2 Å². The summed E-state index contributed by atoms with van der Waals surface area (Å²) in [6.07, 6.45) is 1.40. The fourth-order valence-corrected chi connectivity index (χ4v) is 1.34. The maximum Gasteiger partial charge on any atom is 0.323 e. The molecule has 0 heterocycles. The van der Waals surface area contributed by atoms with Gasteiger partial charge in [0, 0.05) is 12.1 Å². The second-order valence-corrected chi connectivity index (χ2v) is 3.65. The van der Waals surface area contributed by atoms with Gasteiger partial charge in [-0.1, -0.05) is 18.1 Å². The van der Waals surface area contributed by atoms with Crippen molar-refractivity contribution in [3.63, 3.8) is 0 Å². The first-order valence-corrected chi connectivity index (χ1v) is 5.42. The summed E-state index contributed by atoms with van der Waals surface area (Å²) in [6.45, 7) is 0.564. The Balaban J connectivity index is 2.81. The maximum atomic E-state index is 11.1. The average Bonchev–Trinajstić information content (AvgIpc) is 2.30. The SMILES string of the molecule is NCCCC#CC(C(=O)O)c1ccc(N)cc1. The minimum absolute atomic E-state index is 0.564. The highest BCUT2D eigenvalue weighted by Gasteiger charge is 2.16. The lowest BCUT2D eigenvalue weighted by Crippen LogP contribution is -2.09. The standard InChI is InChI=1S/C13H16N2O2/c14-9-3-1-2-4-12(13(16)17)10-5-7-11(15)8-6-10/h5-8,12H,1,3,9,14-15H2,(H,16,17). The Morgan fingerprint density at radius 1 is 1.35 bits per heavy atom. The van der Waals surface area contributed by atoms with Crippen LogP contribution in [0.4, 0.5) is 5.69 Å². The third kappa shape index (κ3) is 4.17. The number of benzene rings is 1. The minimum Gasteiger partial charge on any atom is -0.480 e. The lowest BCUT2D eigenvalue weighted by molar-refractivity contribution is -0.137. The van der Waals surface area contributed by atoms with Gasteiger partial charge < -0.3 is 16.6 Å². The highest BCUT2D eigenvalue weighted by Crippen LogP contribution is 2.17. The van der Waals surface area contributed by atoms with Crippen LogP contribution in [0.5, 0.6) is 0 Å². The lowest BCUT2D eigenvalue weighted by atomic mass is 9.99. The summed E-state index contributed by atoms with van der Waals surface area (Å²) in [7, 11) is 0. The quantitative estimate of drug-likeness (QED) is 0.413. The second-order valence-electron chi connectivity index (χ2n) is 3.65. The topological polar surface area (TPSA) is 89.3 Å². The van der Waals surface area contributed by atoms with Crippen molar-refractivity contribution in [2.75, 3.05) is 12.3 Å². The van der Waals surface area contributed by atoms with Gasteiger partial charge in [-0.15, -0.1) is 5.92 Å². The molecule has 1 aromatic rings. The monoisotopic (exact) mass is 232 g/mol. The molecule has 0 spiro atoms. The number of rotatable bonds is 4. The van der Waals surface area contributed by atoms with Crippen LogP contribution >= 0.6 is 0 Å². The molecule has 0 radical (unpaired) electrons. The van der Waals surface area contributed by atoms with Crippen molar-refractivity contribution in [3.05, 3.63) is 29.8 Å². The second kappa shape index (κ2) is 6.56. The van der Waals surface area contributed by atoms with Crippen molar-refractivity contribution < 1.29 is 9.90 Å². The zero-order chi connectivity index (χ0) is 12.7. The van der Waals surface area contributed by atoms with Gasteiger partial charge in [-0.3, -0.25) is 4.79 Å². The van der Waals surface area contributed by atoms with Gasteiger partial charge in [0.2, 0.25) is 0 Å². The van der Waals surface area contributed by atoms with Crippen molar-refractivity contribution >= 4 is 11.7 Å². The molecule has 5 N–H and O–H groups in total. The molecule has 0 aliphatic rings. The third-order valence-corrected chi connectivity index (χ3v) is 2.27. The molecule has 1 atom stereocenters. The van der Waals surface area contributed by atoms with E-state index in [1.165, 1.54) is 0 Å². The summed E-state index contributed by atoms with van der Waals surface area (Å²) in [4.78, 5) is 11.1. The average molecular weight is 232 g/mol. The van der Waals surface area contributed by atoms with Gasteiger partial charge in [0.1, 0.15) is 5.92 Å². The van der Waals surface area contributed by atoms with E-state index >= 15 is 0 Å². The number of carboxylic acids is 1. The molecule has 0 aromatic heterocycles. The Morgan fingerprint density at radius 2 is 2.00 bits per heavy atom. The fraction of sp³-hybridized carbons (Fsp3) is 0.308. The summed E-state index contributed by atoms with van der Waals surface area (Å²) in [6, 6.07) is 6.72. The first kappa shape index (κ1) is 13.1. The van der Waals surface area contributed by atoms with Gasteiger partial charge in [0.05, 0.1) is 0 Å². The van der Waals surface area contributed by atoms with Crippen LogP contribution in [-0.4, -0.2) is 17.6 Å². The normalized spacial score (nSPS) is 11.4. The van der Waals surface area contributed by atoms with Crippen LogP contribution in [0.25, 0.3) is 0 Å². The number of nitrogen functional groups attached to an aromatic ring is 1. The highest BCUT2D eigenvalue weighted by atomic mass is 16.4. The number of hydrogen-bond acceptors (Lipinski definition) is 3. The van der Waals surface area contributed by atoms with Gasteiger partial charge >= 0.3 is 5.97 Å². The lowest BCUT2D eigenvalue weighted by Gasteiger charge is -2.05. The largest absolute Gasteiger partial charge is 0.480 e. The zero-order valence-electron chi connectivity index (χ0n) is 9.52. The predicted octanol–water partition coefficient (Wildman–Crippen LogP) is 1.18. The Morgan fingerprint density at radius 3 is 2.53 bits per heavy atom. The number of carboxylic acid groups (broad SMARTS) is 1. The third-order valence-electron chi connectivity index (χ3n) is 2.27. The summed E-state index contributed by atoms with van der Waals surface area (Å²) in [5, 5.41) is 9.09. The van der Waals surface area contributed by atoms with Crippen LogP contribution in [0.15, 0.2) is 24.3 Å². The number of hydrogen-bond donors (Lipinski definition) is 3. The molecule has 1 rings (SSSR count). The van der Waals surface area contributed by atoms with Crippen LogP contribution in [-0.2, 0) is 4.79 Å². The Hall–Kier alpha value is -1.99. The van der Waals surface area contributed by atoms with Gasteiger partial charge in [-0.25, -0.2) is 0 Å². The number of aliphatic carboxylic acids is 1. The Kier molecular flexibility index (Phi) is 5.05. The Labute approximate surface area is 101 Å². The van der Waals surface area contributed by atoms with E-state index in [4.69, 9.17) is 16.6 Å². The summed E-state index contributed by atoms with van der Waals surface area (Å²) < 4.78 is 0. The van der Waals surface area contributed by atoms with E-state index in [-0.39, 0.29) is 0 Å². The molecule has 1 unspecified atom stereocenters. The molecule has 90 valence electrons. The molecular formula is C13H16N2O2. The van der Waals surface area contributed by atoms with Crippen LogP contribution < -0.4 is 11.5 Å². The van der Waals surface area contributed by atoms with E-state index in [0.717, 1.165) is 6.42 Å². The van der Waals surface area contributed by atoms with Crippen molar-refractivity contribution in [1.29, 1.82) is 0 Å². The van der Waals surface area contributed by atoms with E-state index in [2.05, 4.69) is 11.8 Å². The summed E-state index contributed by atoms with van der Waals surface area (Å²) in [5.74, 6) is 3.84. The maximum absolute atomic E-state index is 11.1. The molecule has 1 aromatic carbocycles. The summed E-state index contributed by atoms with van der Waals surface area (Å²) >= 11 is 0. The Bertz CT molecular complexity index is 429. The number of carbonyl (C=O) groups is 1. The zero-order valence-corrected chi connectivity index (χ0v) is 9.52. The van der Waals surface area contributed by atoms with Gasteiger partial charge in [0.15, 0.2) is 0 Å². The van der Waals surface area contributed by atoms with Crippen molar-refractivity contribution in [2.45, 2.75) is 18.8 Å². The fourth-order valence-electron chi connectivity index (χ4n) is 1.34. The molecule has 0 aliphatic heterocycles. The van der Waals surface area contributed by atoms with Crippen LogP contribution in [0, 0.1) is 11.8 Å². The number of anilines is 1. The predicted molar refractivity (Wildman–Crippen MR) is 67.3 cm³/mol. The molecule has 0 fully saturated rings. The molecule has 0 saturated carbocycles. The van der Waals surface area contributed by atoms with Gasteiger partial charge in [0.25, 0.3) is 0 Å². The molecule has 0 bridgehead atoms. The van der Waals surface area contributed by atoms with Gasteiger partial charge in [-0.2, -0.15) is 0 Å². The molecule has 0 amide bonds. The summed E-state index contributed by atoms with van der Waals surface area (Å²) in [5.41, 5.74) is 12.1. The first-order chi connectivity index (χ1) is 8.15. The van der Waals surface area contributed by atoms with Crippen LogP contribution in [0.1, 0.15) is 24.3 Å². The van der Waals surface area contributed by atoms with Crippen molar-refractivity contribution in [3.8, 4) is 11.8 Å². The number of unbranched alkanes of at least 4 members (excludes halogenated alkanes) is 1. The van der Waals surface area contributed by atoms with E-state index in [1.807, 2.05) is 0 Å². The number of nitrogens with two attached hydrogens (primary N) is 2. The van der Waals surface area contributed by atoms with E-state index < -0.39 is 11.9 Å². The van der Waals surface area contributed by atoms with Crippen molar-refractivity contribution in [2.24, 2.45) is 5.73 Å². The molecule has 4 nitrogen and oxygen atoms in total. The molecule has 17 heavy (non-hydrogen) atoms. The van der Waals surface area contributed by atoms with E-state index in [1.54, 1.807) is 24.3 Å².